The van der Waals surface area contributed by atoms with Crippen LogP contribution in [0.4, 0.5) is 0 Å². The molecule has 558 valence electrons. The molecule has 17 nitrogen and oxygen atoms in total. The van der Waals surface area contributed by atoms with E-state index >= 15 is 0 Å². The highest BCUT2D eigenvalue weighted by Gasteiger charge is 2.30. The Hall–Kier alpha value is -1.94. The number of hydrogen-bond donors (Lipinski definition) is 3. The third kappa shape index (κ3) is 66.0. The summed E-state index contributed by atoms with van der Waals surface area (Å²) in [4.78, 5) is 72.8. The van der Waals surface area contributed by atoms with Gasteiger partial charge in [0.25, 0.3) is 0 Å². The predicted molar refractivity (Wildman–Crippen MR) is 381 cm³/mol. The van der Waals surface area contributed by atoms with Crippen LogP contribution in [0.2, 0.25) is 0 Å². The highest BCUT2D eigenvalue weighted by Crippen LogP contribution is 2.45. The second-order valence-electron chi connectivity index (χ2n) is 28.5. The molecule has 5 unspecified atom stereocenters. The van der Waals surface area contributed by atoms with E-state index in [1.807, 2.05) is 0 Å². The fourth-order valence-electron chi connectivity index (χ4n) is 11.3. The highest BCUT2D eigenvalue weighted by molar-refractivity contribution is 7.47. The number of phosphoric ester groups is 2. The van der Waals surface area contributed by atoms with Crippen LogP contribution in [0.15, 0.2) is 0 Å². The van der Waals surface area contributed by atoms with Gasteiger partial charge in [0, 0.05) is 25.7 Å². The summed E-state index contributed by atoms with van der Waals surface area (Å²) in [7, 11) is -9.91. The van der Waals surface area contributed by atoms with Crippen molar-refractivity contribution in [1.82, 2.24) is 0 Å². The first-order valence-electron chi connectivity index (χ1n) is 38.8. The van der Waals surface area contributed by atoms with Gasteiger partial charge in [-0.05, 0) is 49.4 Å². The largest absolute Gasteiger partial charge is 0.472 e. The van der Waals surface area contributed by atoms with E-state index < -0.39 is 97.5 Å². The molecule has 0 saturated carbocycles. The molecule has 94 heavy (non-hydrogen) atoms. The summed E-state index contributed by atoms with van der Waals surface area (Å²) in [6.07, 6.45) is 48.5. The molecule has 19 heteroatoms. The van der Waals surface area contributed by atoms with Crippen molar-refractivity contribution in [3.63, 3.8) is 0 Å². The van der Waals surface area contributed by atoms with E-state index in [1.165, 1.54) is 180 Å². The monoisotopic (exact) mass is 1380 g/mol. The molecule has 0 aliphatic rings. The summed E-state index contributed by atoms with van der Waals surface area (Å²) in [5.74, 6) is 0.973. The van der Waals surface area contributed by atoms with E-state index in [9.17, 15) is 43.2 Å². The van der Waals surface area contributed by atoms with Crippen molar-refractivity contribution in [2.24, 2.45) is 23.7 Å². The third-order valence-corrected chi connectivity index (χ3v) is 19.9. The van der Waals surface area contributed by atoms with Gasteiger partial charge in [-0.15, -0.1) is 0 Å². The third-order valence-electron chi connectivity index (χ3n) is 18.0. The van der Waals surface area contributed by atoms with E-state index in [1.54, 1.807) is 0 Å². The van der Waals surface area contributed by atoms with Crippen LogP contribution in [0.1, 0.15) is 376 Å². The molecule has 0 aromatic carbocycles. The number of ether oxygens (including phenoxy) is 4. The lowest BCUT2D eigenvalue weighted by Crippen LogP contribution is -2.30. The number of esters is 4. The number of rotatable bonds is 72. The summed E-state index contributed by atoms with van der Waals surface area (Å²) >= 11 is 0. The van der Waals surface area contributed by atoms with Gasteiger partial charge in [0.15, 0.2) is 12.2 Å². The maximum atomic E-state index is 13.1. The molecule has 7 atom stereocenters. The van der Waals surface area contributed by atoms with Crippen LogP contribution in [-0.4, -0.2) is 96.7 Å². The van der Waals surface area contributed by atoms with E-state index in [4.69, 9.17) is 37.0 Å². The van der Waals surface area contributed by atoms with Gasteiger partial charge < -0.3 is 33.8 Å². The minimum absolute atomic E-state index is 0.104. The van der Waals surface area contributed by atoms with Crippen LogP contribution in [0.5, 0.6) is 0 Å². The molecular formula is C75H146O17P2. The normalized spacial score (nSPS) is 14.7. The van der Waals surface area contributed by atoms with E-state index in [-0.39, 0.29) is 25.7 Å². The maximum absolute atomic E-state index is 13.1. The van der Waals surface area contributed by atoms with Crippen molar-refractivity contribution >= 4 is 39.5 Å². The molecule has 0 heterocycles. The maximum Gasteiger partial charge on any atom is 0.472 e. The van der Waals surface area contributed by atoms with Crippen molar-refractivity contribution < 1.29 is 80.2 Å². The lowest BCUT2D eigenvalue weighted by atomic mass is 9.99. The van der Waals surface area contributed by atoms with Crippen molar-refractivity contribution in [2.75, 3.05) is 39.6 Å². The first-order chi connectivity index (χ1) is 45.2. The number of carbonyl (C=O) groups excluding carboxylic acids is 4. The first-order valence-corrected chi connectivity index (χ1v) is 41.8. The van der Waals surface area contributed by atoms with Gasteiger partial charge >= 0.3 is 39.5 Å². The van der Waals surface area contributed by atoms with Crippen LogP contribution in [0.25, 0.3) is 0 Å². The molecule has 0 aliphatic heterocycles. The number of hydrogen-bond acceptors (Lipinski definition) is 15. The van der Waals surface area contributed by atoms with Gasteiger partial charge in [-0.3, -0.25) is 37.3 Å². The van der Waals surface area contributed by atoms with Crippen LogP contribution >= 0.6 is 15.6 Å². The Bertz CT molecular complexity index is 1850. The summed E-state index contributed by atoms with van der Waals surface area (Å²) in [6, 6.07) is 0. The van der Waals surface area contributed by atoms with Crippen molar-refractivity contribution in [3.05, 3.63) is 0 Å². The number of phosphoric acid groups is 2. The number of carbonyl (C=O) groups is 4. The highest BCUT2D eigenvalue weighted by atomic mass is 31.2. The van der Waals surface area contributed by atoms with E-state index in [0.717, 1.165) is 114 Å². The Morgan fingerprint density at radius 2 is 0.511 bits per heavy atom. The van der Waals surface area contributed by atoms with E-state index in [2.05, 4.69) is 55.4 Å². The Labute approximate surface area is 575 Å². The zero-order valence-corrected chi connectivity index (χ0v) is 63.4. The van der Waals surface area contributed by atoms with Crippen LogP contribution in [0, 0.1) is 23.7 Å². The first kappa shape index (κ1) is 92.1. The Kier molecular flexibility index (Phi) is 63.1. The number of aliphatic hydroxyl groups excluding tert-OH is 1. The molecule has 0 radical (unpaired) electrons. The minimum Gasteiger partial charge on any atom is -0.462 e. The Morgan fingerprint density at radius 1 is 0.298 bits per heavy atom. The molecule has 0 amide bonds. The number of unbranched alkanes of at least 4 members (excludes halogenated alkanes) is 36. The zero-order valence-electron chi connectivity index (χ0n) is 61.6. The minimum atomic E-state index is -4.96. The average molecular weight is 1380 g/mol. The Morgan fingerprint density at radius 3 is 0.755 bits per heavy atom. The van der Waals surface area contributed by atoms with Gasteiger partial charge in [-0.1, -0.05) is 325 Å². The van der Waals surface area contributed by atoms with Gasteiger partial charge in [0.2, 0.25) is 0 Å². The molecule has 0 bridgehead atoms. The summed E-state index contributed by atoms with van der Waals surface area (Å²) < 4.78 is 68.5. The Balaban J connectivity index is 5.24. The molecule has 0 aromatic rings. The summed E-state index contributed by atoms with van der Waals surface area (Å²) in [5.41, 5.74) is 0. The van der Waals surface area contributed by atoms with Crippen LogP contribution in [0.3, 0.4) is 0 Å². The quantitative estimate of drug-likeness (QED) is 0.0222. The van der Waals surface area contributed by atoms with Gasteiger partial charge in [-0.2, -0.15) is 0 Å². The van der Waals surface area contributed by atoms with Gasteiger partial charge in [-0.25, -0.2) is 9.13 Å². The molecule has 0 fully saturated rings. The van der Waals surface area contributed by atoms with Crippen molar-refractivity contribution in [2.45, 2.75) is 395 Å². The second-order valence-corrected chi connectivity index (χ2v) is 31.4. The molecule has 3 N–H and O–H groups in total. The number of aliphatic hydroxyl groups is 1. The molecule has 0 aliphatic carbocycles. The van der Waals surface area contributed by atoms with Crippen LogP contribution in [-0.2, 0) is 65.4 Å². The van der Waals surface area contributed by atoms with Gasteiger partial charge in [0.1, 0.15) is 19.3 Å². The zero-order chi connectivity index (χ0) is 69.6. The lowest BCUT2D eigenvalue weighted by Gasteiger charge is -2.21. The summed E-state index contributed by atoms with van der Waals surface area (Å²) in [6.45, 7) is 14.2. The second kappa shape index (κ2) is 64.4. The fourth-order valence-corrected chi connectivity index (χ4v) is 12.9. The molecular weight excluding hydrogens is 1230 g/mol. The molecule has 0 rings (SSSR count). The average Bonchev–Trinajstić information content (AvgIpc) is 2.00. The molecule has 0 spiro atoms. The van der Waals surface area contributed by atoms with Crippen molar-refractivity contribution in [3.8, 4) is 0 Å². The summed E-state index contributed by atoms with van der Waals surface area (Å²) in [5, 5.41) is 10.6. The lowest BCUT2D eigenvalue weighted by molar-refractivity contribution is -0.161. The smallest absolute Gasteiger partial charge is 0.462 e. The SMILES string of the molecule is CCC(C)CCCCCCCCCCCCCCCCC(=O)OC[C@H](COP(=O)(O)OCC(O)COP(=O)(O)OC[C@@H](COC(=O)CCCCCCCCCCC(C)C)OC(=O)CCCCCCCCCCC(C)C)OC(=O)CCCCCCCCCCCCC(C)CC. The van der Waals surface area contributed by atoms with E-state index in [0.29, 0.717) is 25.7 Å². The predicted octanol–water partition coefficient (Wildman–Crippen LogP) is 21.7. The molecule has 0 aromatic heterocycles. The van der Waals surface area contributed by atoms with Gasteiger partial charge in [0.05, 0.1) is 26.4 Å². The fraction of sp³-hybridized carbons (Fsp3) is 0.947. The van der Waals surface area contributed by atoms with Crippen LogP contribution < -0.4 is 0 Å². The molecule has 0 saturated heterocycles. The standard InChI is InChI=1S/C75H146O17P2/c1-9-67(7)53-45-37-29-19-15-13-11-12-14-16-21-31-39-47-55-72(77)85-61-70(91-74(79)57-49-41-33-22-18-17-20-30-38-46-54-68(8)10-2)63-89-93(81,82)87-59-69(76)60-88-94(83,84)90-64-71(92-75(80)58-50-42-34-26-24-28-36-44-52-66(5)6)62-86-73(78)56-48-40-32-25-23-27-35-43-51-65(3)4/h65-71,76H,9-64H2,1-8H3,(H,81,82)(H,83,84)/t67?,68?,69?,70-,71-/m1/s1. The topological polar surface area (TPSA) is 237 Å². The van der Waals surface area contributed by atoms with Crippen molar-refractivity contribution in [1.29, 1.82) is 0 Å².